The van der Waals surface area contributed by atoms with Crippen LogP contribution in [-0.4, -0.2) is 41.5 Å². The van der Waals surface area contributed by atoms with E-state index in [4.69, 9.17) is 25.5 Å². The maximum Gasteiger partial charge on any atom is 0.242 e. The first-order valence-electron chi connectivity index (χ1n) is 14.1. The van der Waals surface area contributed by atoms with Gasteiger partial charge >= 0.3 is 0 Å². The predicted octanol–water partition coefficient (Wildman–Crippen LogP) is 6.47. The lowest BCUT2D eigenvalue weighted by molar-refractivity contribution is -0.140. The lowest BCUT2D eigenvalue weighted by Crippen LogP contribution is -2.43. The fourth-order valence-electron chi connectivity index (χ4n) is 4.84. The van der Waals surface area contributed by atoms with Crippen LogP contribution in [0, 0.1) is 0 Å². The SMILES string of the molecule is C=CCN(CC(=O)N(Cc1ccc2c(c1)OCO2)Cc1coc2ccc(Cl)cc2c1=O)C(=O)CCCCCCCC. The molecular weight excluding hydrogens is 544 g/mol. The maximum atomic E-state index is 13.7. The molecule has 0 saturated carbocycles. The van der Waals surface area contributed by atoms with Crippen LogP contribution in [0.2, 0.25) is 5.02 Å². The van der Waals surface area contributed by atoms with E-state index in [1.165, 1.54) is 30.4 Å². The van der Waals surface area contributed by atoms with Gasteiger partial charge in [0.25, 0.3) is 0 Å². The molecule has 3 aromatic rings. The van der Waals surface area contributed by atoms with Gasteiger partial charge < -0.3 is 23.7 Å². The summed E-state index contributed by atoms with van der Waals surface area (Å²) in [6, 6.07) is 10.3. The Labute approximate surface area is 245 Å². The number of rotatable bonds is 15. The number of benzene rings is 2. The normalized spacial score (nSPS) is 12.0. The molecule has 0 spiro atoms. The molecule has 1 aliphatic heterocycles. The summed E-state index contributed by atoms with van der Waals surface area (Å²) in [7, 11) is 0. The first-order valence-corrected chi connectivity index (χ1v) is 14.5. The van der Waals surface area contributed by atoms with Crippen LogP contribution in [0.5, 0.6) is 11.5 Å². The third-order valence-corrected chi connectivity index (χ3v) is 7.34. The predicted molar refractivity (Wildman–Crippen MR) is 159 cm³/mol. The Hall–Kier alpha value is -3.78. The van der Waals surface area contributed by atoms with Gasteiger partial charge in [-0.15, -0.1) is 6.58 Å². The molecule has 0 aliphatic carbocycles. The molecule has 218 valence electrons. The molecule has 1 aromatic heterocycles. The second kappa shape index (κ2) is 14.7. The van der Waals surface area contributed by atoms with Crippen LogP contribution >= 0.6 is 11.6 Å². The largest absolute Gasteiger partial charge is 0.464 e. The number of ether oxygens (including phenoxy) is 2. The van der Waals surface area contributed by atoms with Crippen molar-refractivity contribution in [2.24, 2.45) is 0 Å². The van der Waals surface area contributed by atoms with E-state index in [-0.39, 0.29) is 50.2 Å². The standard InChI is InChI=1S/C32H37ClN2O6/c1-3-5-6-7-8-9-10-30(36)34(15-4-2)20-31(37)35(18-23-11-13-28-29(16-23)41-22-40-28)19-24-21-39-27-14-12-25(33)17-26(27)32(24)38/h4,11-14,16-17,21H,2-3,5-10,15,18-20,22H2,1H3. The Kier molecular flexibility index (Phi) is 10.8. The number of amides is 2. The number of hydrogen-bond donors (Lipinski definition) is 0. The number of carbonyl (C=O) groups excluding carboxylic acids is 2. The van der Waals surface area contributed by atoms with Gasteiger partial charge in [-0.3, -0.25) is 14.4 Å². The van der Waals surface area contributed by atoms with Gasteiger partial charge in [0.15, 0.2) is 16.9 Å². The Morgan fingerprint density at radius 1 is 0.951 bits per heavy atom. The Bertz CT molecular complexity index is 1440. The van der Waals surface area contributed by atoms with E-state index in [2.05, 4.69) is 13.5 Å². The molecule has 0 N–H and O–H groups in total. The Balaban J connectivity index is 1.53. The van der Waals surface area contributed by atoms with E-state index in [0.29, 0.717) is 39.5 Å². The van der Waals surface area contributed by atoms with E-state index in [0.717, 1.165) is 24.8 Å². The van der Waals surface area contributed by atoms with E-state index >= 15 is 0 Å². The summed E-state index contributed by atoms with van der Waals surface area (Å²) in [5.41, 5.74) is 1.25. The summed E-state index contributed by atoms with van der Waals surface area (Å²) >= 11 is 6.12. The molecule has 0 fully saturated rings. The summed E-state index contributed by atoms with van der Waals surface area (Å²) in [4.78, 5) is 43.2. The third kappa shape index (κ3) is 8.13. The van der Waals surface area contributed by atoms with Gasteiger partial charge in [-0.1, -0.05) is 62.8 Å². The summed E-state index contributed by atoms with van der Waals surface area (Å²) in [6.45, 7) is 6.40. The first kappa shape index (κ1) is 30.2. The van der Waals surface area contributed by atoms with Crippen LogP contribution in [-0.2, 0) is 22.7 Å². The molecule has 0 saturated heterocycles. The fourth-order valence-corrected chi connectivity index (χ4v) is 5.01. The van der Waals surface area contributed by atoms with Crippen LogP contribution < -0.4 is 14.9 Å². The highest BCUT2D eigenvalue weighted by Gasteiger charge is 2.23. The van der Waals surface area contributed by atoms with Crippen LogP contribution in [0.25, 0.3) is 11.0 Å². The zero-order valence-corrected chi connectivity index (χ0v) is 24.3. The van der Waals surface area contributed by atoms with Crippen molar-refractivity contribution < 1.29 is 23.5 Å². The number of unbranched alkanes of at least 4 members (excludes halogenated alkanes) is 5. The van der Waals surface area contributed by atoms with Crippen molar-refractivity contribution in [2.45, 2.75) is 65.0 Å². The minimum absolute atomic E-state index is 0.00832. The van der Waals surface area contributed by atoms with E-state index in [1.807, 2.05) is 12.1 Å². The average molecular weight is 581 g/mol. The maximum absolute atomic E-state index is 13.7. The smallest absolute Gasteiger partial charge is 0.242 e. The lowest BCUT2D eigenvalue weighted by Gasteiger charge is -2.27. The Morgan fingerprint density at radius 3 is 2.54 bits per heavy atom. The van der Waals surface area contributed by atoms with Crippen LogP contribution in [0.1, 0.15) is 63.0 Å². The number of nitrogens with zero attached hydrogens (tertiary/aromatic N) is 2. The number of carbonyl (C=O) groups is 2. The third-order valence-electron chi connectivity index (χ3n) is 7.10. The van der Waals surface area contributed by atoms with Gasteiger partial charge in [0.1, 0.15) is 12.1 Å². The van der Waals surface area contributed by atoms with Crippen molar-refractivity contribution >= 4 is 34.4 Å². The first-order chi connectivity index (χ1) is 19.9. The van der Waals surface area contributed by atoms with Gasteiger partial charge in [-0.25, -0.2) is 0 Å². The van der Waals surface area contributed by atoms with Gasteiger partial charge in [0.05, 0.1) is 23.8 Å². The van der Waals surface area contributed by atoms with Crippen LogP contribution in [0.4, 0.5) is 0 Å². The molecule has 0 bridgehead atoms. The average Bonchev–Trinajstić information content (AvgIpc) is 3.44. The summed E-state index contributed by atoms with van der Waals surface area (Å²) in [5.74, 6) is 0.844. The number of hydrogen-bond acceptors (Lipinski definition) is 6. The van der Waals surface area contributed by atoms with Crippen LogP contribution in [0.3, 0.4) is 0 Å². The summed E-state index contributed by atoms with van der Waals surface area (Å²) < 4.78 is 16.6. The molecule has 4 rings (SSSR count). The van der Waals surface area contributed by atoms with E-state index < -0.39 is 0 Å². The highest BCUT2D eigenvalue weighted by Crippen LogP contribution is 2.33. The highest BCUT2D eigenvalue weighted by molar-refractivity contribution is 6.31. The topological polar surface area (TPSA) is 89.3 Å². The second-order valence-corrected chi connectivity index (χ2v) is 10.7. The van der Waals surface area contributed by atoms with Crippen molar-refractivity contribution in [3.8, 4) is 11.5 Å². The molecule has 0 atom stereocenters. The van der Waals surface area contributed by atoms with Gasteiger partial charge in [0.2, 0.25) is 18.6 Å². The van der Waals surface area contributed by atoms with Crippen molar-refractivity contribution in [1.29, 1.82) is 0 Å². The van der Waals surface area contributed by atoms with E-state index in [9.17, 15) is 14.4 Å². The monoisotopic (exact) mass is 580 g/mol. The molecule has 1 aliphatic rings. The molecule has 8 nitrogen and oxygen atoms in total. The molecule has 0 unspecified atom stereocenters. The molecule has 41 heavy (non-hydrogen) atoms. The van der Waals surface area contributed by atoms with Crippen molar-refractivity contribution in [2.75, 3.05) is 19.9 Å². The quantitative estimate of drug-likeness (QED) is 0.151. The molecule has 2 amide bonds. The zero-order chi connectivity index (χ0) is 29.2. The van der Waals surface area contributed by atoms with Gasteiger partial charge in [0, 0.05) is 24.5 Å². The van der Waals surface area contributed by atoms with Gasteiger partial charge in [-0.05, 0) is 42.3 Å². The van der Waals surface area contributed by atoms with Crippen molar-refractivity contribution in [3.05, 3.63) is 81.7 Å². The summed E-state index contributed by atoms with van der Waals surface area (Å²) in [6.07, 6.45) is 9.79. The molecule has 0 radical (unpaired) electrons. The van der Waals surface area contributed by atoms with E-state index in [1.54, 1.807) is 35.2 Å². The Morgan fingerprint density at radius 2 is 1.73 bits per heavy atom. The molecule has 2 aromatic carbocycles. The lowest BCUT2D eigenvalue weighted by atomic mass is 10.1. The van der Waals surface area contributed by atoms with Gasteiger partial charge in [-0.2, -0.15) is 0 Å². The number of halogens is 1. The zero-order valence-electron chi connectivity index (χ0n) is 23.5. The van der Waals surface area contributed by atoms with Crippen LogP contribution in [0.15, 0.2) is 64.5 Å². The number of fused-ring (bicyclic) bond motifs is 2. The molecule has 9 heteroatoms. The molecular formula is C32H37ClN2O6. The summed E-state index contributed by atoms with van der Waals surface area (Å²) in [5, 5.41) is 0.757. The molecule has 2 heterocycles. The second-order valence-electron chi connectivity index (χ2n) is 10.2. The fraction of sp³-hybridized carbons (Fsp3) is 0.406. The minimum Gasteiger partial charge on any atom is -0.464 e. The van der Waals surface area contributed by atoms with Crippen molar-refractivity contribution in [1.82, 2.24) is 9.80 Å². The highest BCUT2D eigenvalue weighted by atomic mass is 35.5. The minimum atomic E-state index is -0.300. The van der Waals surface area contributed by atoms with Crippen molar-refractivity contribution in [3.63, 3.8) is 0 Å².